The van der Waals surface area contributed by atoms with Gasteiger partial charge in [-0.05, 0) is 26.7 Å². The van der Waals surface area contributed by atoms with Crippen molar-refractivity contribution in [2.24, 2.45) is 0 Å². The van der Waals surface area contributed by atoms with Crippen LogP contribution in [-0.2, 0) is 4.74 Å². The minimum absolute atomic E-state index is 0.256. The van der Waals surface area contributed by atoms with Gasteiger partial charge in [0.1, 0.15) is 18.0 Å². The molecule has 1 fully saturated rings. The zero-order valence-corrected chi connectivity index (χ0v) is 12.3. The summed E-state index contributed by atoms with van der Waals surface area (Å²) < 4.78 is 5.64. The number of hydrogen-bond donors (Lipinski definition) is 1. The lowest BCUT2D eigenvalue weighted by atomic mass is 10.1. The van der Waals surface area contributed by atoms with Gasteiger partial charge in [-0.25, -0.2) is 9.97 Å². The normalized spacial score (nSPS) is 22.5. The van der Waals surface area contributed by atoms with Crippen molar-refractivity contribution in [2.45, 2.75) is 45.8 Å². The predicted molar refractivity (Wildman–Crippen MR) is 77.8 cm³/mol. The summed E-state index contributed by atoms with van der Waals surface area (Å²) in [6, 6.07) is 0.396. The zero-order valence-electron chi connectivity index (χ0n) is 12.3. The molecule has 0 saturated carbocycles. The Morgan fingerprint density at radius 3 is 2.89 bits per heavy atom. The number of hydrogen-bond acceptors (Lipinski definition) is 5. The predicted octanol–water partition coefficient (Wildman–Crippen LogP) is 2.22. The van der Waals surface area contributed by atoms with E-state index in [0.29, 0.717) is 6.04 Å². The first-order valence-electron chi connectivity index (χ1n) is 7.05. The van der Waals surface area contributed by atoms with E-state index in [2.05, 4.69) is 48.0 Å². The first-order chi connectivity index (χ1) is 9.15. The third kappa shape index (κ3) is 2.97. The molecule has 1 aromatic heterocycles. The van der Waals surface area contributed by atoms with Gasteiger partial charge in [0.05, 0.1) is 12.1 Å². The second kappa shape index (κ2) is 6.19. The van der Waals surface area contributed by atoms with Crippen molar-refractivity contribution < 1.29 is 4.74 Å². The van der Waals surface area contributed by atoms with E-state index < -0.39 is 0 Å². The maximum absolute atomic E-state index is 5.64. The van der Waals surface area contributed by atoms with Gasteiger partial charge in [-0.2, -0.15) is 0 Å². The van der Waals surface area contributed by atoms with Crippen molar-refractivity contribution in [3.63, 3.8) is 0 Å². The average Bonchev–Trinajstić information content (AvgIpc) is 2.83. The molecular formula is C14H24N4O. The molecule has 1 aromatic rings. The van der Waals surface area contributed by atoms with Crippen molar-refractivity contribution in [1.82, 2.24) is 9.97 Å². The standard InChI is InChI=1S/C14H24N4O/c1-5-7-15-13-10(2)14(17-9-16-13)18(4)12-6-8-19-11(12)3/h9,11-12H,5-8H2,1-4H3,(H,15,16,17). The molecule has 0 aromatic carbocycles. The van der Waals surface area contributed by atoms with Crippen LogP contribution < -0.4 is 10.2 Å². The van der Waals surface area contributed by atoms with Crippen molar-refractivity contribution in [1.29, 1.82) is 0 Å². The van der Waals surface area contributed by atoms with E-state index in [1.807, 2.05) is 0 Å². The average molecular weight is 264 g/mol. The van der Waals surface area contributed by atoms with Gasteiger partial charge in [0.2, 0.25) is 0 Å². The van der Waals surface area contributed by atoms with Crippen molar-refractivity contribution in [3.8, 4) is 0 Å². The van der Waals surface area contributed by atoms with Crippen LogP contribution >= 0.6 is 0 Å². The second-order valence-electron chi connectivity index (χ2n) is 5.14. The number of nitrogens with zero attached hydrogens (tertiary/aromatic N) is 3. The van der Waals surface area contributed by atoms with Crippen molar-refractivity contribution in [2.75, 3.05) is 30.4 Å². The summed E-state index contributed by atoms with van der Waals surface area (Å²) in [4.78, 5) is 11.0. The van der Waals surface area contributed by atoms with Crippen LogP contribution in [-0.4, -0.2) is 42.3 Å². The first kappa shape index (κ1) is 14.1. The highest BCUT2D eigenvalue weighted by Gasteiger charge is 2.29. The molecule has 1 N–H and O–H groups in total. The first-order valence-corrected chi connectivity index (χ1v) is 7.05. The molecule has 2 atom stereocenters. The van der Waals surface area contributed by atoms with E-state index >= 15 is 0 Å². The van der Waals surface area contributed by atoms with E-state index in [-0.39, 0.29) is 6.10 Å². The van der Waals surface area contributed by atoms with Crippen LogP contribution in [0.5, 0.6) is 0 Å². The summed E-state index contributed by atoms with van der Waals surface area (Å²) in [6.07, 6.45) is 4.03. The zero-order chi connectivity index (χ0) is 13.8. The van der Waals surface area contributed by atoms with Gasteiger partial charge >= 0.3 is 0 Å². The summed E-state index contributed by atoms with van der Waals surface area (Å²) in [6.45, 7) is 8.12. The summed E-state index contributed by atoms with van der Waals surface area (Å²) in [5.41, 5.74) is 1.11. The molecule has 5 nitrogen and oxygen atoms in total. The van der Waals surface area contributed by atoms with E-state index in [1.165, 1.54) is 0 Å². The van der Waals surface area contributed by atoms with Gasteiger partial charge in [0, 0.05) is 25.8 Å². The number of nitrogens with one attached hydrogen (secondary N) is 1. The molecule has 5 heteroatoms. The molecule has 0 radical (unpaired) electrons. The number of aromatic nitrogens is 2. The molecule has 0 aliphatic carbocycles. The number of anilines is 2. The highest BCUT2D eigenvalue weighted by Crippen LogP contribution is 2.27. The van der Waals surface area contributed by atoms with Gasteiger partial charge < -0.3 is 15.0 Å². The minimum atomic E-state index is 0.256. The second-order valence-corrected chi connectivity index (χ2v) is 5.14. The van der Waals surface area contributed by atoms with Crippen LogP contribution in [0.1, 0.15) is 32.3 Å². The molecule has 0 spiro atoms. The summed E-state index contributed by atoms with van der Waals surface area (Å²) in [5.74, 6) is 1.93. The molecule has 1 aliphatic heterocycles. The fourth-order valence-electron chi connectivity index (χ4n) is 2.60. The van der Waals surface area contributed by atoms with Crippen molar-refractivity contribution >= 4 is 11.6 Å². The maximum Gasteiger partial charge on any atom is 0.137 e. The molecule has 2 unspecified atom stereocenters. The molecule has 0 amide bonds. The monoisotopic (exact) mass is 264 g/mol. The van der Waals surface area contributed by atoms with Crippen LogP contribution in [0.25, 0.3) is 0 Å². The van der Waals surface area contributed by atoms with Gasteiger partial charge in [-0.3, -0.25) is 0 Å². The van der Waals surface area contributed by atoms with Gasteiger partial charge in [-0.1, -0.05) is 6.92 Å². The Balaban J connectivity index is 2.19. The Labute approximate surface area is 115 Å². The Morgan fingerprint density at radius 1 is 1.47 bits per heavy atom. The highest BCUT2D eigenvalue weighted by molar-refractivity contribution is 5.58. The van der Waals surface area contributed by atoms with Gasteiger partial charge in [0.15, 0.2) is 0 Å². The van der Waals surface area contributed by atoms with Gasteiger partial charge in [0.25, 0.3) is 0 Å². The number of likely N-dealkylation sites (N-methyl/N-ethyl adjacent to an activating group) is 1. The molecule has 0 bridgehead atoms. The van der Waals surface area contributed by atoms with Crippen LogP contribution in [0.4, 0.5) is 11.6 Å². The Bertz CT molecular complexity index is 424. The maximum atomic E-state index is 5.64. The largest absolute Gasteiger partial charge is 0.376 e. The fraction of sp³-hybridized carbons (Fsp3) is 0.714. The minimum Gasteiger partial charge on any atom is -0.376 e. The topological polar surface area (TPSA) is 50.3 Å². The lowest BCUT2D eigenvalue weighted by Crippen LogP contribution is -2.37. The lowest BCUT2D eigenvalue weighted by molar-refractivity contribution is 0.118. The SMILES string of the molecule is CCCNc1ncnc(N(C)C2CCOC2C)c1C. The Morgan fingerprint density at radius 2 is 2.26 bits per heavy atom. The van der Waals surface area contributed by atoms with E-state index in [1.54, 1.807) is 6.33 Å². The third-order valence-electron chi connectivity index (χ3n) is 3.77. The van der Waals surface area contributed by atoms with E-state index in [9.17, 15) is 0 Å². The Hall–Kier alpha value is -1.36. The Kier molecular flexibility index (Phi) is 4.58. The smallest absolute Gasteiger partial charge is 0.137 e. The highest BCUT2D eigenvalue weighted by atomic mass is 16.5. The molecule has 1 aliphatic rings. The quantitative estimate of drug-likeness (QED) is 0.883. The van der Waals surface area contributed by atoms with Crippen LogP contribution in [0, 0.1) is 6.92 Å². The van der Waals surface area contributed by atoms with Crippen molar-refractivity contribution in [3.05, 3.63) is 11.9 Å². The van der Waals surface area contributed by atoms with Gasteiger partial charge in [-0.15, -0.1) is 0 Å². The number of rotatable bonds is 5. The molecular weight excluding hydrogens is 240 g/mol. The molecule has 2 heterocycles. The van der Waals surface area contributed by atoms with E-state index in [4.69, 9.17) is 4.74 Å². The summed E-state index contributed by atoms with van der Waals surface area (Å²) in [5, 5.41) is 3.35. The summed E-state index contributed by atoms with van der Waals surface area (Å²) >= 11 is 0. The molecule has 19 heavy (non-hydrogen) atoms. The number of ether oxygens (including phenoxy) is 1. The van der Waals surface area contributed by atoms with Crippen LogP contribution in [0.15, 0.2) is 6.33 Å². The lowest BCUT2D eigenvalue weighted by Gasteiger charge is -2.29. The fourth-order valence-corrected chi connectivity index (χ4v) is 2.60. The van der Waals surface area contributed by atoms with Crippen LogP contribution in [0.2, 0.25) is 0 Å². The third-order valence-corrected chi connectivity index (χ3v) is 3.77. The molecule has 1 saturated heterocycles. The summed E-state index contributed by atoms with van der Waals surface area (Å²) in [7, 11) is 2.09. The van der Waals surface area contributed by atoms with Crippen LogP contribution in [0.3, 0.4) is 0 Å². The molecule has 2 rings (SSSR count). The van der Waals surface area contributed by atoms with E-state index in [0.717, 1.165) is 43.2 Å². The molecule has 106 valence electrons.